The molecule has 0 bridgehead atoms. The molecule has 100 valence electrons. The summed E-state index contributed by atoms with van der Waals surface area (Å²) in [6.07, 6.45) is 2.83. The van der Waals surface area contributed by atoms with Crippen molar-refractivity contribution in [2.24, 2.45) is 0 Å². The summed E-state index contributed by atoms with van der Waals surface area (Å²) >= 11 is 0. The van der Waals surface area contributed by atoms with Gasteiger partial charge < -0.3 is 9.84 Å². The molecule has 1 atom stereocenters. The lowest BCUT2D eigenvalue weighted by Crippen LogP contribution is -1.99. The molecule has 1 unspecified atom stereocenters. The van der Waals surface area contributed by atoms with Gasteiger partial charge in [-0.3, -0.25) is 0 Å². The number of pyridine rings is 1. The highest BCUT2D eigenvalue weighted by atomic mass is 16.5. The van der Waals surface area contributed by atoms with E-state index < -0.39 is 0 Å². The normalized spacial score (nSPS) is 16.5. The van der Waals surface area contributed by atoms with Gasteiger partial charge in [-0.1, -0.05) is 12.1 Å². The second kappa shape index (κ2) is 5.32. The van der Waals surface area contributed by atoms with Crippen molar-refractivity contribution in [3.8, 4) is 11.8 Å². The van der Waals surface area contributed by atoms with Crippen LogP contribution in [0.15, 0.2) is 36.5 Å². The van der Waals surface area contributed by atoms with Crippen LogP contribution in [0, 0.1) is 11.3 Å². The highest BCUT2D eigenvalue weighted by molar-refractivity contribution is 5.44. The zero-order chi connectivity index (χ0) is 13.9. The summed E-state index contributed by atoms with van der Waals surface area (Å²) in [4.78, 5) is 3.93. The number of aromatic nitrogens is 1. The number of hydrogen-bond acceptors (Lipinski definition) is 4. The molecule has 0 saturated carbocycles. The number of aliphatic hydroxyl groups is 1. The quantitative estimate of drug-likeness (QED) is 0.927. The van der Waals surface area contributed by atoms with E-state index in [-0.39, 0.29) is 6.10 Å². The predicted octanol–water partition coefficient (Wildman–Crippen LogP) is 2.51. The molecule has 3 rings (SSSR count). The van der Waals surface area contributed by atoms with Crippen LogP contribution in [0.3, 0.4) is 0 Å². The van der Waals surface area contributed by atoms with Gasteiger partial charge in [-0.15, -0.1) is 0 Å². The summed E-state index contributed by atoms with van der Waals surface area (Å²) in [5.41, 5.74) is 3.36. The van der Waals surface area contributed by atoms with E-state index in [1.807, 2.05) is 30.3 Å². The molecular formula is C16H14N2O2. The van der Waals surface area contributed by atoms with Gasteiger partial charge in [-0.25, -0.2) is 4.98 Å². The SMILES string of the molecule is N#Cc1cc(COc2cccc3c2CCC3O)ccn1. The zero-order valence-corrected chi connectivity index (χ0v) is 10.9. The van der Waals surface area contributed by atoms with Gasteiger partial charge >= 0.3 is 0 Å². The van der Waals surface area contributed by atoms with Crippen molar-refractivity contribution in [2.75, 3.05) is 0 Å². The number of nitrogens with zero attached hydrogens (tertiary/aromatic N) is 2. The molecule has 2 aromatic rings. The minimum atomic E-state index is -0.375. The Morgan fingerprint density at radius 2 is 2.30 bits per heavy atom. The number of aliphatic hydroxyl groups excluding tert-OH is 1. The fraction of sp³-hybridized carbons (Fsp3) is 0.250. The number of benzene rings is 1. The Kier molecular flexibility index (Phi) is 3.36. The van der Waals surface area contributed by atoms with E-state index in [2.05, 4.69) is 4.98 Å². The Bertz CT molecular complexity index is 676. The number of nitriles is 1. The molecular weight excluding hydrogens is 252 g/mol. The molecule has 0 amide bonds. The van der Waals surface area contributed by atoms with Gasteiger partial charge in [-0.2, -0.15) is 5.26 Å². The Labute approximate surface area is 117 Å². The predicted molar refractivity (Wildman–Crippen MR) is 73.0 cm³/mol. The van der Waals surface area contributed by atoms with Crippen LogP contribution < -0.4 is 4.74 Å². The van der Waals surface area contributed by atoms with Crippen molar-refractivity contribution in [2.45, 2.75) is 25.6 Å². The second-order valence-electron chi connectivity index (χ2n) is 4.83. The summed E-state index contributed by atoms with van der Waals surface area (Å²) in [5.74, 6) is 0.814. The maximum Gasteiger partial charge on any atom is 0.140 e. The first-order valence-corrected chi connectivity index (χ1v) is 6.55. The summed E-state index contributed by atoms with van der Waals surface area (Å²) in [5, 5.41) is 18.7. The monoisotopic (exact) mass is 266 g/mol. The van der Waals surface area contributed by atoms with Crippen LogP contribution in [0.5, 0.6) is 5.75 Å². The molecule has 0 fully saturated rings. The first-order valence-electron chi connectivity index (χ1n) is 6.55. The molecule has 1 heterocycles. The van der Waals surface area contributed by atoms with E-state index >= 15 is 0 Å². The third-order valence-electron chi connectivity index (χ3n) is 3.53. The zero-order valence-electron chi connectivity index (χ0n) is 10.9. The van der Waals surface area contributed by atoms with Crippen LogP contribution >= 0.6 is 0 Å². The third-order valence-corrected chi connectivity index (χ3v) is 3.53. The first kappa shape index (κ1) is 12.6. The Balaban J connectivity index is 1.78. The lowest BCUT2D eigenvalue weighted by Gasteiger charge is -2.11. The highest BCUT2D eigenvalue weighted by Crippen LogP contribution is 2.36. The molecule has 0 aliphatic heterocycles. The van der Waals surface area contributed by atoms with Gasteiger partial charge in [0.1, 0.15) is 24.1 Å². The fourth-order valence-electron chi connectivity index (χ4n) is 2.52. The molecule has 1 aliphatic carbocycles. The van der Waals surface area contributed by atoms with Crippen molar-refractivity contribution < 1.29 is 9.84 Å². The van der Waals surface area contributed by atoms with Gasteiger partial charge in [-0.05, 0) is 42.2 Å². The van der Waals surface area contributed by atoms with Crippen LogP contribution in [-0.4, -0.2) is 10.1 Å². The van der Waals surface area contributed by atoms with E-state index in [9.17, 15) is 5.11 Å². The van der Waals surface area contributed by atoms with Gasteiger partial charge in [0.05, 0.1) is 6.10 Å². The molecule has 1 N–H and O–H groups in total. The van der Waals surface area contributed by atoms with Gasteiger partial charge in [0.25, 0.3) is 0 Å². The van der Waals surface area contributed by atoms with E-state index in [1.54, 1.807) is 12.3 Å². The molecule has 1 aromatic carbocycles. The van der Waals surface area contributed by atoms with Crippen molar-refractivity contribution in [1.82, 2.24) is 4.98 Å². The van der Waals surface area contributed by atoms with Gasteiger partial charge in [0.2, 0.25) is 0 Å². The maximum atomic E-state index is 9.86. The molecule has 1 aliphatic rings. The number of hydrogen-bond donors (Lipinski definition) is 1. The van der Waals surface area contributed by atoms with Crippen molar-refractivity contribution >= 4 is 0 Å². The second-order valence-corrected chi connectivity index (χ2v) is 4.83. The van der Waals surface area contributed by atoms with Crippen LogP contribution in [-0.2, 0) is 13.0 Å². The highest BCUT2D eigenvalue weighted by Gasteiger charge is 2.23. The summed E-state index contributed by atoms with van der Waals surface area (Å²) in [6, 6.07) is 11.3. The Hall–Kier alpha value is -2.38. The Morgan fingerprint density at radius 3 is 3.15 bits per heavy atom. The fourth-order valence-corrected chi connectivity index (χ4v) is 2.52. The topological polar surface area (TPSA) is 66.1 Å². The average molecular weight is 266 g/mol. The molecule has 0 radical (unpaired) electrons. The Morgan fingerprint density at radius 1 is 1.40 bits per heavy atom. The average Bonchev–Trinajstić information content (AvgIpc) is 2.88. The van der Waals surface area contributed by atoms with Crippen molar-refractivity contribution in [3.05, 3.63) is 58.9 Å². The van der Waals surface area contributed by atoms with Crippen molar-refractivity contribution in [3.63, 3.8) is 0 Å². The number of rotatable bonds is 3. The lowest BCUT2D eigenvalue weighted by molar-refractivity contribution is 0.180. The summed E-state index contributed by atoms with van der Waals surface area (Å²) in [6.45, 7) is 0.393. The first-order chi connectivity index (χ1) is 9.78. The molecule has 0 spiro atoms. The van der Waals surface area contributed by atoms with Gasteiger partial charge in [0.15, 0.2) is 0 Å². The van der Waals surface area contributed by atoms with Crippen LogP contribution in [0.4, 0.5) is 0 Å². The standard InChI is InChI=1S/C16H14N2O2/c17-9-12-8-11(6-7-18-12)10-20-16-3-1-2-13-14(16)4-5-15(13)19/h1-3,6-8,15,19H,4-5,10H2. The van der Waals surface area contributed by atoms with Crippen molar-refractivity contribution in [1.29, 1.82) is 5.26 Å². The number of ether oxygens (including phenoxy) is 1. The van der Waals surface area contributed by atoms with E-state index in [0.29, 0.717) is 12.3 Å². The van der Waals surface area contributed by atoms with Crippen LogP contribution in [0.1, 0.15) is 34.9 Å². The van der Waals surface area contributed by atoms with E-state index in [1.165, 1.54) is 0 Å². The van der Waals surface area contributed by atoms with Gasteiger partial charge in [0, 0.05) is 11.8 Å². The summed E-state index contributed by atoms with van der Waals surface area (Å²) < 4.78 is 5.83. The maximum absolute atomic E-state index is 9.86. The number of fused-ring (bicyclic) bond motifs is 1. The largest absolute Gasteiger partial charge is 0.489 e. The minimum absolute atomic E-state index is 0.375. The van der Waals surface area contributed by atoms with E-state index in [4.69, 9.17) is 10.00 Å². The molecule has 20 heavy (non-hydrogen) atoms. The molecule has 0 saturated heterocycles. The third kappa shape index (κ3) is 2.36. The molecule has 1 aromatic heterocycles. The molecule has 4 heteroatoms. The summed E-state index contributed by atoms with van der Waals surface area (Å²) in [7, 11) is 0. The van der Waals surface area contributed by atoms with Crippen LogP contribution in [0.25, 0.3) is 0 Å². The van der Waals surface area contributed by atoms with E-state index in [0.717, 1.165) is 35.3 Å². The van der Waals surface area contributed by atoms with Crippen LogP contribution in [0.2, 0.25) is 0 Å². The molecule has 4 nitrogen and oxygen atoms in total. The minimum Gasteiger partial charge on any atom is -0.489 e. The lowest BCUT2D eigenvalue weighted by atomic mass is 10.1. The smallest absolute Gasteiger partial charge is 0.140 e.